The quantitative estimate of drug-likeness (QED) is 0.375. The minimum atomic E-state index is -1.42. The number of ether oxygens (including phenoxy) is 2. The van der Waals surface area contributed by atoms with E-state index in [2.05, 4.69) is 0 Å². The van der Waals surface area contributed by atoms with Gasteiger partial charge in [-0.05, 0) is 29.5 Å². The summed E-state index contributed by atoms with van der Waals surface area (Å²) in [7, 11) is 0. The molecule has 0 bridgehead atoms. The molecular weight excluding hydrogens is 462 g/mol. The lowest BCUT2D eigenvalue weighted by atomic mass is 10.1. The van der Waals surface area contributed by atoms with Crippen LogP contribution in [0.25, 0.3) is 0 Å². The zero-order chi connectivity index (χ0) is 13.6. The fraction of sp³-hybridized carbons (Fsp3) is 0.333. The van der Waals surface area contributed by atoms with Crippen LogP contribution in [0.15, 0.2) is 30.3 Å². The molecule has 0 radical (unpaired) electrons. The van der Waals surface area contributed by atoms with Crippen LogP contribution in [0.3, 0.4) is 0 Å². The fourth-order valence-corrected chi connectivity index (χ4v) is 2.20. The molecule has 0 aliphatic carbocycles. The van der Waals surface area contributed by atoms with E-state index in [4.69, 9.17) is 9.47 Å². The van der Waals surface area contributed by atoms with Gasteiger partial charge in [0.1, 0.15) is 0 Å². The van der Waals surface area contributed by atoms with Crippen molar-refractivity contribution in [1.82, 2.24) is 0 Å². The molecule has 0 aromatic heterocycles. The van der Waals surface area contributed by atoms with Gasteiger partial charge in [-0.3, -0.25) is 4.79 Å². The van der Waals surface area contributed by atoms with E-state index in [1.807, 2.05) is 51.2 Å². The molecule has 0 saturated carbocycles. The van der Waals surface area contributed by atoms with Crippen LogP contribution in [0, 0.1) is 0 Å². The minimum absolute atomic E-state index is 0.175. The molecule has 6 heteroatoms. The molecule has 1 aromatic carbocycles. The average Bonchev–Trinajstić information content (AvgIpc) is 2.39. The first-order valence-corrected chi connectivity index (χ1v) is 7.84. The molecule has 0 heterocycles. The normalized spacial score (nSPS) is 13.5. The predicted molar refractivity (Wildman–Crippen MR) is 83.8 cm³/mol. The van der Waals surface area contributed by atoms with Crippen LogP contribution < -0.4 is 0 Å². The van der Waals surface area contributed by atoms with E-state index in [-0.39, 0.29) is 11.0 Å². The molecule has 0 spiro atoms. The highest BCUT2D eigenvalue weighted by Gasteiger charge is 2.43. The van der Waals surface area contributed by atoms with Gasteiger partial charge in [0, 0.05) is 5.56 Å². The summed E-state index contributed by atoms with van der Waals surface area (Å²) in [4.78, 5) is 23.5. The Balaban J connectivity index is 3.08. The second-order valence-electron chi connectivity index (χ2n) is 3.29. The van der Waals surface area contributed by atoms with Crippen LogP contribution in [0.4, 0.5) is 0 Å². The smallest absolute Gasteiger partial charge is 0.365 e. The molecule has 18 heavy (non-hydrogen) atoms. The Labute approximate surface area is 133 Å². The molecule has 0 aliphatic heterocycles. The first kappa shape index (κ1) is 15.7. The number of halogens is 2. The van der Waals surface area contributed by atoms with Gasteiger partial charge in [0.05, 0.1) is 11.0 Å². The monoisotopic (exact) mass is 474 g/mol. The lowest BCUT2D eigenvalue weighted by Gasteiger charge is -2.25. The van der Waals surface area contributed by atoms with Gasteiger partial charge in [-0.2, -0.15) is 0 Å². The molecule has 0 fully saturated rings. The van der Waals surface area contributed by atoms with Crippen molar-refractivity contribution in [2.75, 3.05) is 11.0 Å². The standard InChI is InChI=1S/C12H12I2O4/c1-2-17-11(16)12(14,18-10(15)8-13)9-6-4-3-5-7-9/h3-7H,2,8H2,1H3. The van der Waals surface area contributed by atoms with Gasteiger partial charge in [-0.15, -0.1) is 0 Å². The van der Waals surface area contributed by atoms with Gasteiger partial charge >= 0.3 is 11.9 Å². The summed E-state index contributed by atoms with van der Waals surface area (Å²) in [6.45, 7) is 1.94. The lowest BCUT2D eigenvalue weighted by molar-refractivity contribution is -0.168. The van der Waals surface area contributed by atoms with Crippen molar-refractivity contribution in [2.24, 2.45) is 0 Å². The maximum atomic E-state index is 12.0. The Hall–Kier alpha value is -0.380. The van der Waals surface area contributed by atoms with Gasteiger partial charge < -0.3 is 9.47 Å². The number of hydrogen-bond donors (Lipinski definition) is 0. The van der Waals surface area contributed by atoms with Gasteiger partial charge in [0.2, 0.25) is 0 Å². The number of esters is 2. The highest BCUT2D eigenvalue weighted by molar-refractivity contribution is 14.1. The first-order chi connectivity index (χ1) is 8.54. The predicted octanol–water partition coefficient (Wildman–Crippen LogP) is 2.82. The fourth-order valence-electron chi connectivity index (χ4n) is 1.28. The number of alkyl halides is 2. The van der Waals surface area contributed by atoms with E-state index in [1.165, 1.54) is 0 Å². The van der Waals surface area contributed by atoms with Crippen LogP contribution in [0.2, 0.25) is 0 Å². The van der Waals surface area contributed by atoms with Crippen molar-refractivity contribution in [3.05, 3.63) is 35.9 Å². The molecule has 0 saturated heterocycles. The summed E-state index contributed by atoms with van der Waals surface area (Å²) in [5.41, 5.74) is 0.585. The molecule has 0 aliphatic rings. The second kappa shape index (κ2) is 7.27. The van der Waals surface area contributed by atoms with Crippen molar-refractivity contribution >= 4 is 57.1 Å². The summed E-state index contributed by atoms with van der Waals surface area (Å²) in [5, 5.41) is 0. The van der Waals surface area contributed by atoms with E-state index >= 15 is 0 Å². The first-order valence-electron chi connectivity index (χ1n) is 5.24. The highest BCUT2D eigenvalue weighted by atomic mass is 127. The third-order valence-corrected chi connectivity index (χ3v) is 3.95. The van der Waals surface area contributed by atoms with Crippen LogP contribution in [0.1, 0.15) is 12.5 Å². The third-order valence-electron chi connectivity index (χ3n) is 2.05. The topological polar surface area (TPSA) is 52.6 Å². The average molecular weight is 474 g/mol. The Kier molecular flexibility index (Phi) is 6.33. The third kappa shape index (κ3) is 3.81. The number of rotatable bonds is 5. The summed E-state index contributed by atoms with van der Waals surface area (Å²) in [5.74, 6) is -1.03. The number of hydrogen-bond acceptors (Lipinski definition) is 4. The Bertz CT molecular complexity index is 421. The molecule has 1 rings (SSSR count). The van der Waals surface area contributed by atoms with Gasteiger partial charge in [-0.25, -0.2) is 4.79 Å². The largest absolute Gasteiger partial charge is 0.462 e. The number of benzene rings is 1. The molecular formula is C12H12I2O4. The van der Waals surface area contributed by atoms with Gasteiger partial charge in [0.25, 0.3) is 3.61 Å². The van der Waals surface area contributed by atoms with Crippen LogP contribution in [-0.2, 0) is 22.7 Å². The van der Waals surface area contributed by atoms with E-state index < -0.39 is 15.5 Å². The van der Waals surface area contributed by atoms with E-state index in [1.54, 1.807) is 31.2 Å². The number of carbonyl (C=O) groups excluding carboxylic acids is 2. The maximum Gasteiger partial charge on any atom is 0.365 e. The molecule has 0 N–H and O–H groups in total. The van der Waals surface area contributed by atoms with Crippen LogP contribution >= 0.6 is 45.2 Å². The maximum absolute atomic E-state index is 12.0. The van der Waals surface area contributed by atoms with Crippen LogP contribution in [-0.4, -0.2) is 23.0 Å². The number of carbonyl (C=O) groups is 2. The molecule has 0 amide bonds. The minimum Gasteiger partial charge on any atom is -0.462 e. The Morgan fingerprint density at radius 2 is 1.89 bits per heavy atom. The van der Waals surface area contributed by atoms with Gasteiger partial charge in [-0.1, -0.05) is 52.9 Å². The van der Waals surface area contributed by atoms with Gasteiger partial charge in [0.15, 0.2) is 0 Å². The zero-order valence-electron chi connectivity index (χ0n) is 9.69. The summed E-state index contributed by atoms with van der Waals surface area (Å²) >= 11 is 3.70. The van der Waals surface area contributed by atoms with E-state index in [0.29, 0.717) is 5.56 Å². The van der Waals surface area contributed by atoms with E-state index in [9.17, 15) is 9.59 Å². The van der Waals surface area contributed by atoms with Crippen molar-refractivity contribution in [3.63, 3.8) is 0 Å². The molecule has 4 nitrogen and oxygen atoms in total. The van der Waals surface area contributed by atoms with Crippen molar-refractivity contribution < 1.29 is 19.1 Å². The van der Waals surface area contributed by atoms with Crippen molar-refractivity contribution in [2.45, 2.75) is 10.5 Å². The zero-order valence-corrected chi connectivity index (χ0v) is 14.0. The van der Waals surface area contributed by atoms with Crippen molar-refractivity contribution in [1.29, 1.82) is 0 Å². The summed E-state index contributed by atoms with van der Waals surface area (Å²) < 4.78 is 8.99. The van der Waals surface area contributed by atoms with Crippen LogP contribution in [0.5, 0.6) is 0 Å². The molecule has 98 valence electrons. The highest BCUT2D eigenvalue weighted by Crippen LogP contribution is 2.35. The lowest BCUT2D eigenvalue weighted by Crippen LogP contribution is -2.36. The van der Waals surface area contributed by atoms with Crippen molar-refractivity contribution in [3.8, 4) is 0 Å². The molecule has 1 aromatic rings. The Morgan fingerprint density at radius 1 is 1.28 bits per heavy atom. The molecule has 1 atom stereocenters. The van der Waals surface area contributed by atoms with E-state index in [0.717, 1.165) is 0 Å². The second-order valence-corrected chi connectivity index (χ2v) is 5.57. The Morgan fingerprint density at radius 3 is 2.39 bits per heavy atom. The summed E-state index contributed by atoms with van der Waals surface area (Å²) in [6, 6.07) is 8.83. The SMILES string of the molecule is CCOC(=O)C(I)(OC(=O)CI)c1ccccc1. The molecule has 1 unspecified atom stereocenters. The summed E-state index contributed by atoms with van der Waals surface area (Å²) in [6.07, 6.45) is 0.